The van der Waals surface area contributed by atoms with Gasteiger partial charge in [0.1, 0.15) is 5.92 Å². The lowest BCUT2D eigenvalue weighted by molar-refractivity contribution is -0.132. The highest BCUT2D eigenvalue weighted by molar-refractivity contribution is 5.81. The van der Waals surface area contributed by atoms with E-state index in [0.717, 1.165) is 25.9 Å². The predicted octanol–water partition coefficient (Wildman–Crippen LogP) is 2.75. The van der Waals surface area contributed by atoms with E-state index in [9.17, 15) is 9.18 Å². The molecule has 0 spiro atoms. The summed E-state index contributed by atoms with van der Waals surface area (Å²) >= 11 is 0. The summed E-state index contributed by atoms with van der Waals surface area (Å²) in [6, 6.07) is 8.27. The van der Waals surface area contributed by atoms with E-state index in [4.69, 9.17) is 10.00 Å². The Morgan fingerprint density at radius 1 is 1.38 bits per heavy atom. The van der Waals surface area contributed by atoms with Crippen molar-refractivity contribution < 1.29 is 13.9 Å². The van der Waals surface area contributed by atoms with Crippen LogP contribution < -0.4 is 4.74 Å². The molecule has 1 aromatic rings. The average molecular weight is 290 g/mol. The van der Waals surface area contributed by atoms with Gasteiger partial charge in [-0.15, -0.1) is 0 Å². The number of hydrogen-bond acceptors (Lipinski definition) is 3. The predicted molar refractivity (Wildman–Crippen MR) is 76.0 cm³/mol. The van der Waals surface area contributed by atoms with E-state index in [1.54, 1.807) is 23.1 Å². The number of para-hydroxylation sites is 1. The minimum absolute atomic E-state index is 0.0825. The Hall–Kier alpha value is -2.09. The Labute approximate surface area is 124 Å². The SMILES string of the molecule is N#CC(CCCOc1ccccc1F)C(=O)N1CCCC1. The van der Waals surface area contributed by atoms with Crippen molar-refractivity contribution in [2.45, 2.75) is 25.7 Å². The number of carbonyl (C=O) groups excluding carboxylic acids is 1. The Morgan fingerprint density at radius 2 is 2.10 bits per heavy atom. The molecule has 0 N–H and O–H groups in total. The first-order valence-corrected chi connectivity index (χ1v) is 7.28. The Bertz CT molecular complexity index is 521. The van der Waals surface area contributed by atoms with E-state index in [-0.39, 0.29) is 11.7 Å². The van der Waals surface area contributed by atoms with Crippen molar-refractivity contribution in [2.24, 2.45) is 5.92 Å². The molecule has 1 saturated heterocycles. The first-order chi connectivity index (χ1) is 10.2. The van der Waals surface area contributed by atoms with Crippen molar-refractivity contribution in [1.82, 2.24) is 4.90 Å². The molecule has 112 valence electrons. The average Bonchev–Trinajstić information content (AvgIpc) is 3.03. The second-order valence-corrected chi connectivity index (χ2v) is 5.14. The molecule has 2 rings (SSSR count). The topological polar surface area (TPSA) is 53.3 Å². The largest absolute Gasteiger partial charge is 0.491 e. The molecule has 1 atom stereocenters. The number of hydrogen-bond donors (Lipinski definition) is 0. The van der Waals surface area contributed by atoms with Crippen molar-refractivity contribution >= 4 is 5.91 Å². The molecule has 0 radical (unpaired) electrons. The number of benzene rings is 1. The van der Waals surface area contributed by atoms with E-state index in [1.165, 1.54) is 6.07 Å². The van der Waals surface area contributed by atoms with Gasteiger partial charge < -0.3 is 9.64 Å². The molecular formula is C16H19FN2O2. The Morgan fingerprint density at radius 3 is 2.76 bits per heavy atom. The maximum atomic E-state index is 13.3. The smallest absolute Gasteiger partial charge is 0.239 e. The molecule has 1 heterocycles. The molecule has 4 nitrogen and oxygen atoms in total. The maximum absolute atomic E-state index is 13.3. The molecule has 1 aliphatic rings. The van der Waals surface area contributed by atoms with Crippen LogP contribution in [0.15, 0.2) is 24.3 Å². The third-order valence-electron chi connectivity index (χ3n) is 3.60. The van der Waals surface area contributed by atoms with Gasteiger partial charge in [-0.05, 0) is 37.8 Å². The molecule has 5 heteroatoms. The summed E-state index contributed by atoms with van der Waals surface area (Å²) in [5.74, 6) is -0.896. The van der Waals surface area contributed by atoms with E-state index < -0.39 is 11.7 Å². The summed E-state index contributed by atoms with van der Waals surface area (Å²) < 4.78 is 18.7. The molecule has 0 aromatic heterocycles. The van der Waals surface area contributed by atoms with Crippen molar-refractivity contribution in [1.29, 1.82) is 5.26 Å². The van der Waals surface area contributed by atoms with Crippen LogP contribution in [0, 0.1) is 23.1 Å². The maximum Gasteiger partial charge on any atom is 0.239 e. The lowest BCUT2D eigenvalue weighted by atomic mass is 10.0. The minimum atomic E-state index is -0.618. The van der Waals surface area contributed by atoms with Crippen molar-refractivity contribution in [3.63, 3.8) is 0 Å². The van der Waals surface area contributed by atoms with Gasteiger partial charge in [0.05, 0.1) is 12.7 Å². The summed E-state index contributed by atoms with van der Waals surface area (Å²) in [7, 11) is 0. The molecule has 0 aliphatic carbocycles. The van der Waals surface area contributed by atoms with Crippen molar-refractivity contribution in [2.75, 3.05) is 19.7 Å². The third kappa shape index (κ3) is 4.19. The van der Waals surface area contributed by atoms with E-state index in [0.29, 0.717) is 19.4 Å². The van der Waals surface area contributed by atoms with Gasteiger partial charge in [-0.1, -0.05) is 12.1 Å². The number of nitriles is 1. The quantitative estimate of drug-likeness (QED) is 0.757. The van der Waals surface area contributed by atoms with Crippen LogP contribution in [0.2, 0.25) is 0 Å². The molecule has 1 aromatic carbocycles. The summed E-state index contributed by atoms with van der Waals surface area (Å²) in [5.41, 5.74) is 0. The number of nitrogens with zero attached hydrogens (tertiary/aromatic N) is 2. The Balaban J connectivity index is 1.75. The monoisotopic (exact) mass is 290 g/mol. The molecule has 0 saturated carbocycles. The van der Waals surface area contributed by atoms with Crippen molar-refractivity contribution in [3.05, 3.63) is 30.1 Å². The lowest BCUT2D eigenvalue weighted by Crippen LogP contribution is -2.33. The molecule has 1 amide bonds. The van der Waals surface area contributed by atoms with Crippen LogP contribution in [0.4, 0.5) is 4.39 Å². The normalized spacial score (nSPS) is 15.5. The minimum Gasteiger partial charge on any atom is -0.491 e. The zero-order chi connectivity index (χ0) is 15.1. The van der Waals surface area contributed by atoms with Gasteiger partial charge >= 0.3 is 0 Å². The van der Waals surface area contributed by atoms with E-state index in [1.807, 2.05) is 0 Å². The molecule has 0 bridgehead atoms. The summed E-state index contributed by atoms with van der Waals surface area (Å²) in [6.07, 6.45) is 3.02. The number of likely N-dealkylation sites (tertiary alicyclic amines) is 1. The van der Waals surface area contributed by atoms with Gasteiger partial charge in [0.15, 0.2) is 11.6 Å². The van der Waals surface area contributed by atoms with Gasteiger partial charge in [0.25, 0.3) is 0 Å². The van der Waals surface area contributed by atoms with Gasteiger partial charge in [-0.2, -0.15) is 5.26 Å². The van der Waals surface area contributed by atoms with E-state index >= 15 is 0 Å². The third-order valence-corrected chi connectivity index (χ3v) is 3.60. The molecule has 1 fully saturated rings. The second-order valence-electron chi connectivity index (χ2n) is 5.14. The number of amides is 1. The van der Waals surface area contributed by atoms with Gasteiger partial charge in [-0.3, -0.25) is 4.79 Å². The molecule has 1 aliphatic heterocycles. The zero-order valence-electron chi connectivity index (χ0n) is 11.9. The van der Waals surface area contributed by atoms with Gasteiger partial charge in [-0.25, -0.2) is 4.39 Å². The van der Waals surface area contributed by atoms with Crippen LogP contribution in [0.3, 0.4) is 0 Å². The van der Waals surface area contributed by atoms with Crippen LogP contribution in [0.25, 0.3) is 0 Å². The van der Waals surface area contributed by atoms with Crippen LogP contribution in [0.5, 0.6) is 5.75 Å². The van der Waals surface area contributed by atoms with Crippen molar-refractivity contribution in [3.8, 4) is 11.8 Å². The molecule has 21 heavy (non-hydrogen) atoms. The number of rotatable bonds is 6. The van der Waals surface area contributed by atoms with Gasteiger partial charge in [0, 0.05) is 13.1 Å². The zero-order valence-corrected chi connectivity index (χ0v) is 11.9. The van der Waals surface area contributed by atoms with Crippen LogP contribution in [-0.2, 0) is 4.79 Å². The standard InChI is InChI=1S/C16H19FN2O2/c17-14-7-1-2-8-15(14)21-11-5-6-13(12-18)16(20)19-9-3-4-10-19/h1-2,7-8,13H,3-6,9-11H2. The highest BCUT2D eigenvalue weighted by atomic mass is 19.1. The fraction of sp³-hybridized carbons (Fsp3) is 0.500. The Kier molecular flexibility index (Phi) is 5.56. The number of halogens is 1. The number of carbonyl (C=O) groups is 1. The summed E-state index contributed by atoms with van der Waals surface area (Å²) in [6.45, 7) is 1.80. The van der Waals surface area contributed by atoms with Gasteiger partial charge in [0.2, 0.25) is 5.91 Å². The fourth-order valence-electron chi connectivity index (χ4n) is 2.43. The number of ether oxygens (including phenoxy) is 1. The highest BCUT2D eigenvalue weighted by Crippen LogP contribution is 2.18. The van der Waals surface area contributed by atoms with E-state index in [2.05, 4.69) is 6.07 Å². The molecule has 1 unspecified atom stereocenters. The van der Waals surface area contributed by atoms with Crippen LogP contribution in [0.1, 0.15) is 25.7 Å². The summed E-state index contributed by atoms with van der Waals surface area (Å²) in [5, 5.41) is 9.12. The lowest BCUT2D eigenvalue weighted by Gasteiger charge is -2.18. The second kappa shape index (κ2) is 7.63. The van der Waals surface area contributed by atoms with Crippen LogP contribution in [-0.4, -0.2) is 30.5 Å². The fourth-order valence-corrected chi connectivity index (χ4v) is 2.43. The first kappa shape index (κ1) is 15.3. The highest BCUT2D eigenvalue weighted by Gasteiger charge is 2.25. The summed E-state index contributed by atoms with van der Waals surface area (Å²) in [4.78, 5) is 13.9. The van der Waals surface area contributed by atoms with Crippen LogP contribution >= 0.6 is 0 Å². The first-order valence-electron chi connectivity index (χ1n) is 7.28. The molecular weight excluding hydrogens is 271 g/mol.